The average molecular weight is 521 g/mol. The summed E-state index contributed by atoms with van der Waals surface area (Å²) in [5.74, 6) is 1.66. The van der Waals surface area contributed by atoms with Gasteiger partial charge in [0.15, 0.2) is 0 Å². The van der Waals surface area contributed by atoms with Crippen molar-refractivity contribution in [2.45, 2.75) is 19.9 Å². The molecule has 2 N–H and O–H groups in total. The number of aliphatic hydroxyl groups is 1. The largest absolute Gasteiger partial charge is 0.491 e. The summed E-state index contributed by atoms with van der Waals surface area (Å²) in [6.45, 7) is 8.57. The maximum absolute atomic E-state index is 12.8. The molecule has 5 rings (SSSR count). The second kappa shape index (κ2) is 12.3. The predicted octanol–water partition coefficient (Wildman–Crippen LogP) is 2.77. The molecule has 1 aromatic heterocycles. The van der Waals surface area contributed by atoms with Crippen molar-refractivity contribution in [3.05, 3.63) is 59.7 Å². The van der Waals surface area contributed by atoms with Crippen LogP contribution in [0.2, 0.25) is 0 Å². The molecule has 10 heteroatoms. The van der Waals surface area contributed by atoms with Crippen LogP contribution >= 0.6 is 0 Å². The monoisotopic (exact) mass is 520 g/mol. The average Bonchev–Trinajstić information content (AvgIpc) is 3.62. The number of amides is 2. The molecule has 10 nitrogen and oxygen atoms in total. The van der Waals surface area contributed by atoms with Gasteiger partial charge in [-0.25, -0.2) is 4.79 Å². The van der Waals surface area contributed by atoms with Crippen LogP contribution in [0.4, 0.5) is 10.8 Å². The molecule has 2 aliphatic heterocycles. The molecule has 0 bridgehead atoms. The number of benzene rings is 2. The molecular formula is C28H36N6O4. The van der Waals surface area contributed by atoms with Crippen molar-refractivity contribution in [2.75, 3.05) is 63.9 Å². The van der Waals surface area contributed by atoms with Crippen molar-refractivity contribution in [1.29, 1.82) is 0 Å². The fourth-order valence-electron chi connectivity index (χ4n) is 4.94. The Morgan fingerprint density at radius 2 is 1.84 bits per heavy atom. The highest BCUT2D eigenvalue weighted by Crippen LogP contribution is 2.23. The number of aryl methyl sites for hydroxylation is 1. The first-order valence-electron chi connectivity index (χ1n) is 13.3. The van der Waals surface area contributed by atoms with E-state index in [1.54, 1.807) is 0 Å². The molecule has 2 saturated heterocycles. The number of carbonyl (C=O) groups excluding carboxylic acids is 1. The normalized spacial score (nSPS) is 18.1. The number of aromatic nitrogens is 2. The summed E-state index contributed by atoms with van der Waals surface area (Å²) >= 11 is 0. The third-order valence-electron chi connectivity index (χ3n) is 7.16. The van der Waals surface area contributed by atoms with Gasteiger partial charge in [-0.05, 0) is 55.6 Å². The molecular weight excluding hydrogens is 484 g/mol. The van der Waals surface area contributed by atoms with Gasteiger partial charge in [0.25, 0.3) is 0 Å². The fourth-order valence-corrected chi connectivity index (χ4v) is 4.94. The van der Waals surface area contributed by atoms with Crippen molar-refractivity contribution >= 4 is 12.0 Å². The number of nitrogens with one attached hydrogen (secondary N) is 1. The number of ether oxygens (including phenoxy) is 1. The van der Waals surface area contributed by atoms with Crippen LogP contribution in [0.15, 0.2) is 53.1 Å². The van der Waals surface area contributed by atoms with Gasteiger partial charge in [0.1, 0.15) is 12.4 Å². The molecule has 3 aromatic rings. The summed E-state index contributed by atoms with van der Waals surface area (Å²) in [4.78, 5) is 23.7. The first-order chi connectivity index (χ1) is 18.6. The maximum Gasteiger partial charge on any atom is 0.324 e. The summed E-state index contributed by atoms with van der Waals surface area (Å²) in [6.07, 6.45) is 1.11. The van der Waals surface area contributed by atoms with Gasteiger partial charge < -0.3 is 29.5 Å². The van der Waals surface area contributed by atoms with E-state index < -0.39 is 0 Å². The van der Waals surface area contributed by atoms with E-state index in [9.17, 15) is 4.79 Å². The van der Waals surface area contributed by atoms with E-state index in [4.69, 9.17) is 14.4 Å². The first kappa shape index (κ1) is 26.0. The number of urea groups is 1. The van der Waals surface area contributed by atoms with Crippen molar-refractivity contribution < 1.29 is 19.2 Å². The summed E-state index contributed by atoms with van der Waals surface area (Å²) < 4.78 is 10.9. The second-order valence-electron chi connectivity index (χ2n) is 10.0. The third-order valence-corrected chi connectivity index (χ3v) is 7.16. The first-order valence-corrected chi connectivity index (χ1v) is 13.3. The molecule has 1 atom stereocenters. The molecule has 0 spiro atoms. The quantitative estimate of drug-likeness (QED) is 0.444. The highest BCUT2D eigenvalue weighted by Gasteiger charge is 2.27. The van der Waals surface area contributed by atoms with E-state index in [1.807, 2.05) is 34.1 Å². The van der Waals surface area contributed by atoms with E-state index in [0.717, 1.165) is 31.6 Å². The van der Waals surface area contributed by atoms with Crippen LogP contribution in [0.5, 0.6) is 5.75 Å². The Morgan fingerprint density at radius 3 is 2.58 bits per heavy atom. The van der Waals surface area contributed by atoms with E-state index >= 15 is 0 Å². The predicted molar refractivity (Wildman–Crippen MR) is 144 cm³/mol. The number of nitrogens with zero attached hydrogens (tertiary/aromatic N) is 5. The van der Waals surface area contributed by atoms with Gasteiger partial charge >= 0.3 is 12.0 Å². The third kappa shape index (κ3) is 6.62. The summed E-state index contributed by atoms with van der Waals surface area (Å²) in [6, 6.07) is 16.5. The van der Waals surface area contributed by atoms with E-state index in [1.165, 1.54) is 11.1 Å². The van der Waals surface area contributed by atoms with Gasteiger partial charge in [-0.3, -0.25) is 4.90 Å². The lowest BCUT2D eigenvalue weighted by Crippen LogP contribution is -2.52. The number of rotatable bonds is 9. The number of piperazine rings is 1. The Kier molecular flexibility index (Phi) is 8.40. The number of hydrogen-bond acceptors (Lipinski definition) is 8. The minimum Gasteiger partial charge on any atom is -0.491 e. The van der Waals surface area contributed by atoms with Gasteiger partial charge in [0.05, 0.1) is 6.61 Å². The second-order valence-corrected chi connectivity index (χ2v) is 10.0. The van der Waals surface area contributed by atoms with Crippen LogP contribution in [0.1, 0.15) is 17.5 Å². The zero-order valence-corrected chi connectivity index (χ0v) is 21.9. The van der Waals surface area contributed by atoms with Crippen LogP contribution in [0.25, 0.3) is 11.4 Å². The number of likely N-dealkylation sites (tertiary alicyclic amines) is 1. The van der Waals surface area contributed by atoms with Gasteiger partial charge in [0, 0.05) is 51.4 Å². The molecule has 2 aliphatic rings. The number of anilines is 1. The van der Waals surface area contributed by atoms with Crippen molar-refractivity contribution in [3.63, 3.8) is 0 Å². The van der Waals surface area contributed by atoms with E-state index in [-0.39, 0.29) is 19.2 Å². The topological polar surface area (TPSA) is 107 Å². The van der Waals surface area contributed by atoms with Crippen LogP contribution in [-0.2, 0) is 6.54 Å². The lowest BCUT2D eigenvalue weighted by atomic mass is 10.1. The lowest BCUT2D eigenvalue weighted by molar-refractivity contribution is 0.191. The molecule has 2 amide bonds. The Balaban J connectivity index is 1.04. The highest BCUT2D eigenvalue weighted by molar-refractivity contribution is 5.74. The maximum atomic E-state index is 12.8. The van der Waals surface area contributed by atoms with Gasteiger partial charge in [0.2, 0.25) is 5.82 Å². The molecule has 202 valence electrons. The molecule has 38 heavy (non-hydrogen) atoms. The van der Waals surface area contributed by atoms with Gasteiger partial charge in [-0.1, -0.05) is 35.0 Å². The molecule has 3 heterocycles. The number of hydrogen-bond donors (Lipinski definition) is 2. The molecule has 0 radical (unpaired) electrons. The lowest BCUT2D eigenvalue weighted by Gasteiger charge is -2.33. The number of carbonyl (C=O) groups is 1. The Morgan fingerprint density at radius 1 is 1.08 bits per heavy atom. The minimum atomic E-state index is -0.0287. The van der Waals surface area contributed by atoms with Crippen LogP contribution < -0.4 is 15.0 Å². The standard InChI is InChI=1S/C28H36N6O4/c1-21-2-4-22(5-3-21)19-32-11-10-23(20-32)18-29-27(36)33-12-14-34(15-13-33)28-30-26(31-38-28)24-6-8-25(9-7-24)37-17-16-35/h2-9,23,35H,10-20H2,1H3,(H,29,36)/t23-/m0/s1. The molecule has 2 fully saturated rings. The minimum absolute atomic E-state index is 0.00337. The van der Waals surface area contributed by atoms with Gasteiger partial charge in [-0.15, -0.1) is 0 Å². The Hall–Kier alpha value is -3.63. The SMILES string of the molecule is Cc1ccc(CN2CC[C@@H](CNC(=O)N3CCN(c4nc(-c5ccc(OCCO)cc5)no4)CC3)C2)cc1. The smallest absolute Gasteiger partial charge is 0.324 e. The fraction of sp³-hybridized carbons (Fsp3) is 0.464. The zero-order valence-electron chi connectivity index (χ0n) is 21.9. The Bertz CT molecular complexity index is 1170. The van der Waals surface area contributed by atoms with E-state index in [0.29, 0.717) is 56.2 Å². The highest BCUT2D eigenvalue weighted by atomic mass is 16.5. The summed E-state index contributed by atoms with van der Waals surface area (Å²) in [5.41, 5.74) is 3.44. The van der Waals surface area contributed by atoms with Crippen molar-refractivity contribution in [2.24, 2.45) is 5.92 Å². The summed E-state index contributed by atoms with van der Waals surface area (Å²) in [7, 11) is 0. The molecule has 0 unspecified atom stereocenters. The molecule has 0 saturated carbocycles. The van der Waals surface area contributed by atoms with Crippen LogP contribution in [0, 0.1) is 12.8 Å². The number of aliphatic hydroxyl groups excluding tert-OH is 1. The molecule has 0 aliphatic carbocycles. The van der Waals surface area contributed by atoms with Crippen LogP contribution in [-0.4, -0.2) is 90.1 Å². The molecule has 2 aromatic carbocycles. The van der Waals surface area contributed by atoms with Crippen molar-refractivity contribution in [3.8, 4) is 17.1 Å². The Labute approximate surface area is 223 Å². The van der Waals surface area contributed by atoms with E-state index in [2.05, 4.69) is 51.5 Å². The van der Waals surface area contributed by atoms with Crippen LogP contribution in [0.3, 0.4) is 0 Å². The van der Waals surface area contributed by atoms with Gasteiger partial charge in [-0.2, -0.15) is 4.98 Å². The summed E-state index contributed by atoms with van der Waals surface area (Å²) in [5, 5.41) is 16.1. The zero-order chi connectivity index (χ0) is 26.3. The van der Waals surface area contributed by atoms with Crippen molar-refractivity contribution in [1.82, 2.24) is 25.3 Å².